The van der Waals surface area contributed by atoms with Crippen molar-refractivity contribution in [1.82, 2.24) is 20.2 Å². The maximum atomic E-state index is 12.3. The summed E-state index contributed by atoms with van der Waals surface area (Å²) in [4.78, 5) is 20.7. The van der Waals surface area contributed by atoms with Gasteiger partial charge in [-0.15, -0.1) is 11.3 Å². The minimum absolute atomic E-state index is 0.266. The van der Waals surface area contributed by atoms with Crippen molar-refractivity contribution < 1.29 is 9.21 Å². The molecule has 8 heteroatoms. The molecule has 0 aliphatic carbocycles. The Hall–Kier alpha value is -3.26. The van der Waals surface area contributed by atoms with Crippen LogP contribution in [0.2, 0.25) is 0 Å². The second-order valence-electron chi connectivity index (χ2n) is 4.87. The van der Waals surface area contributed by atoms with Gasteiger partial charge in [0.1, 0.15) is 5.69 Å². The maximum Gasteiger partial charge on any atom is 0.277 e. The van der Waals surface area contributed by atoms with E-state index in [-0.39, 0.29) is 11.6 Å². The summed E-state index contributed by atoms with van der Waals surface area (Å²) in [6.07, 6.45) is 4.96. The van der Waals surface area contributed by atoms with Gasteiger partial charge in [-0.2, -0.15) is 5.10 Å². The summed E-state index contributed by atoms with van der Waals surface area (Å²) in [6, 6.07) is 8.92. The molecular weight excluding hydrogens is 326 g/mol. The van der Waals surface area contributed by atoms with Crippen LogP contribution in [0.3, 0.4) is 0 Å². The highest BCUT2D eigenvalue weighted by Crippen LogP contribution is 2.25. The Bertz CT molecular complexity index is 959. The molecule has 0 saturated heterocycles. The van der Waals surface area contributed by atoms with Crippen molar-refractivity contribution in [3.8, 4) is 22.7 Å². The first-order chi connectivity index (χ1) is 11.8. The zero-order valence-corrected chi connectivity index (χ0v) is 13.1. The number of nitrogens with zero attached hydrogens (tertiary/aromatic N) is 3. The average molecular weight is 337 g/mol. The number of aromatic nitrogens is 4. The van der Waals surface area contributed by atoms with E-state index in [0.29, 0.717) is 16.6 Å². The van der Waals surface area contributed by atoms with Crippen molar-refractivity contribution in [2.24, 2.45) is 0 Å². The lowest BCUT2D eigenvalue weighted by Crippen LogP contribution is -2.12. The smallest absolute Gasteiger partial charge is 0.277 e. The number of thiazole rings is 1. The van der Waals surface area contributed by atoms with E-state index in [1.807, 2.05) is 17.5 Å². The molecule has 0 saturated carbocycles. The van der Waals surface area contributed by atoms with E-state index < -0.39 is 0 Å². The number of hydrogen-bond acceptors (Lipinski definition) is 6. The van der Waals surface area contributed by atoms with E-state index in [1.165, 1.54) is 11.3 Å². The van der Waals surface area contributed by atoms with Crippen LogP contribution in [0, 0.1) is 0 Å². The predicted octanol–water partition coefficient (Wildman–Crippen LogP) is 3.44. The van der Waals surface area contributed by atoms with E-state index in [9.17, 15) is 4.79 Å². The van der Waals surface area contributed by atoms with Crippen LogP contribution in [0.4, 0.5) is 5.13 Å². The minimum atomic E-state index is -0.334. The molecule has 0 aliphatic heterocycles. The average Bonchev–Trinajstić information content (AvgIpc) is 3.36. The molecule has 4 aromatic heterocycles. The second kappa shape index (κ2) is 6.09. The lowest BCUT2D eigenvalue weighted by atomic mass is 10.2. The van der Waals surface area contributed by atoms with Gasteiger partial charge in [-0.1, -0.05) is 0 Å². The highest BCUT2D eigenvalue weighted by Gasteiger charge is 2.14. The number of nitrogens with one attached hydrogen (secondary N) is 2. The SMILES string of the molecule is O=C(Nc1nc(-c2ccncc2)cs1)c1cc(-c2ccco2)[nH]n1. The summed E-state index contributed by atoms with van der Waals surface area (Å²) in [6.45, 7) is 0. The number of furan rings is 1. The maximum absolute atomic E-state index is 12.3. The van der Waals surface area contributed by atoms with Gasteiger partial charge in [0.05, 0.1) is 12.0 Å². The standard InChI is InChI=1S/C16H11N5O2S/c22-15(12-8-11(20-21-12)14-2-1-7-23-14)19-16-18-13(9-24-16)10-3-5-17-6-4-10/h1-9H,(H,20,21)(H,18,19,22). The van der Waals surface area contributed by atoms with E-state index >= 15 is 0 Å². The molecule has 24 heavy (non-hydrogen) atoms. The molecule has 0 aromatic carbocycles. The zero-order valence-electron chi connectivity index (χ0n) is 12.3. The van der Waals surface area contributed by atoms with Crippen molar-refractivity contribution in [3.63, 3.8) is 0 Å². The number of pyridine rings is 1. The molecule has 0 radical (unpaired) electrons. The van der Waals surface area contributed by atoms with Crippen LogP contribution < -0.4 is 5.32 Å². The fourth-order valence-corrected chi connectivity index (χ4v) is 2.86. The van der Waals surface area contributed by atoms with Gasteiger partial charge >= 0.3 is 0 Å². The van der Waals surface area contributed by atoms with Gasteiger partial charge in [0, 0.05) is 29.4 Å². The first-order valence-corrected chi connectivity index (χ1v) is 7.94. The normalized spacial score (nSPS) is 10.7. The first-order valence-electron chi connectivity index (χ1n) is 7.06. The molecule has 1 amide bonds. The van der Waals surface area contributed by atoms with Crippen molar-refractivity contribution in [3.05, 3.63) is 60.1 Å². The van der Waals surface area contributed by atoms with Gasteiger partial charge < -0.3 is 4.42 Å². The van der Waals surface area contributed by atoms with E-state index in [4.69, 9.17) is 4.42 Å². The Morgan fingerprint density at radius 2 is 2.12 bits per heavy atom. The molecule has 4 heterocycles. The largest absolute Gasteiger partial charge is 0.463 e. The predicted molar refractivity (Wildman–Crippen MR) is 89.6 cm³/mol. The summed E-state index contributed by atoms with van der Waals surface area (Å²) in [7, 11) is 0. The highest BCUT2D eigenvalue weighted by molar-refractivity contribution is 7.14. The number of hydrogen-bond donors (Lipinski definition) is 2. The highest BCUT2D eigenvalue weighted by atomic mass is 32.1. The summed E-state index contributed by atoms with van der Waals surface area (Å²) in [5.41, 5.74) is 2.64. The number of amides is 1. The number of aromatic amines is 1. The Balaban J connectivity index is 1.50. The van der Waals surface area contributed by atoms with Crippen molar-refractivity contribution in [2.75, 3.05) is 5.32 Å². The molecule has 0 atom stereocenters. The molecule has 0 fully saturated rings. The van der Waals surface area contributed by atoms with Crippen molar-refractivity contribution in [2.45, 2.75) is 0 Å². The molecule has 4 rings (SSSR count). The molecule has 118 valence electrons. The fourth-order valence-electron chi connectivity index (χ4n) is 2.14. The molecule has 0 bridgehead atoms. The van der Waals surface area contributed by atoms with Gasteiger partial charge in [0.25, 0.3) is 5.91 Å². The van der Waals surface area contributed by atoms with E-state index in [0.717, 1.165) is 11.3 Å². The summed E-state index contributed by atoms with van der Waals surface area (Å²) in [5.74, 6) is 0.287. The molecule has 2 N–H and O–H groups in total. The van der Waals surface area contributed by atoms with Crippen LogP contribution in [0.1, 0.15) is 10.5 Å². The molecule has 0 aliphatic rings. The molecule has 7 nitrogen and oxygen atoms in total. The topological polar surface area (TPSA) is 96.7 Å². The van der Waals surface area contributed by atoms with E-state index in [2.05, 4.69) is 25.5 Å². The molecule has 4 aromatic rings. The third-order valence-electron chi connectivity index (χ3n) is 3.30. The van der Waals surface area contributed by atoms with Crippen LogP contribution in [-0.4, -0.2) is 26.1 Å². The number of rotatable bonds is 4. The fraction of sp³-hybridized carbons (Fsp3) is 0. The first kappa shape index (κ1) is 14.3. The summed E-state index contributed by atoms with van der Waals surface area (Å²) < 4.78 is 5.26. The number of carbonyl (C=O) groups is 1. The number of anilines is 1. The third kappa shape index (κ3) is 2.82. The van der Waals surface area contributed by atoms with Gasteiger partial charge in [-0.3, -0.25) is 20.2 Å². The van der Waals surface area contributed by atoms with Gasteiger partial charge in [-0.05, 0) is 24.3 Å². The number of carbonyl (C=O) groups excluding carboxylic acids is 1. The quantitative estimate of drug-likeness (QED) is 0.594. The van der Waals surface area contributed by atoms with Crippen LogP contribution in [0.25, 0.3) is 22.7 Å². The van der Waals surface area contributed by atoms with Gasteiger partial charge in [-0.25, -0.2) is 4.98 Å². The van der Waals surface area contributed by atoms with Crippen LogP contribution in [-0.2, 0) is 0 Å². The Morgan fingerprint density at radius 1 is 1.25 bits per heavy atom. The molecular formula is C16H11N5O2S. The number of H-pyrrole nitrogens is 1. The third-order valence-corrected chi connectivity index (χ3v) is 4.06. The summed E-state index contributed by atoms with van der Waals surface area (Å²) in [5, 5.41) is 11.9. The van der Waals surface area contributed by atoms with Crippen LogP contribution >= 0.6 is 11.3 Å². The lowest BCUT2D eigenvalue weighted by Gasteiger charge is -1.97. The zero-order chi connectivity index (χ0) is 16.4. The van der Waals surface area contributed by atoms with Crippen LogP contribution in [0.5, 0.6) is 0 Å². The minimum Gasteiger partial charge on any atom is -0.463 e. The lowest BCUT2D eigenvalue weighted by molar-refractivity contribution is 0.102. The van der Waals surface area contributed by atoms with Gasteiger partial charge in [0.15, 0.2) is 16.6 Å². The summed E-state index contributed by atoms with van der Waals surface area (Å²) >= 11 is 1.35. The second-order valence-corrected chi connectivity index (χ2v) is 5.73. The van der Waals surface area contributed by atoms with Crippen LogP contribution in [0.15, 0.2) is 58.8 Å². The molecule has 0 spiro atoms. The Kier molecular flexibility index (Phi) is 3.64. The Labute approximate surface area is 140 Å². The van der Waals surface area contributed by atoms with E-state index in [1.54, 1.807) is 36.9 Å². The van der Waals surface area contributed by atoms with Gasteiger partial charge in [0.2, 0.25) is 0 Å². The Morgan fingerprint density at radius 3 is 2.92 bits per heavy atom. The molecule has 0 unspecified atom stereocenters. The van der Waals surface area contributed by atoms with Crippen molar-refractivity contribution >= 4 is 22.4 Å². The monoisotopic (exact) mass is 337 g/mol. The van der Waals surface area contributed by atoms with Crippen molar-refractivity contribution in [1.29, 1.82) is 0 Å².